The summed E-state index contributed by atoms with van der Waals surface area (Å²) < 4.78 is 10.8. The molecule has 0 aromatic carbocycles. The highest BCUT2D eigenvalue weighted by molar-refractivity contribution is 5.05. The smallest absolute Gasteiger partial charge is 0.125 e. The van der Waals surface area contributed by atoms with E-state index in [-0.39, 0.29) is 6.61 Å². The molecule has 1 unspecified atom stereocenters. The van der Waals surface area contributed by atoms with Crippen molar-refractivity contribution in [1.82, 2.24) is 4.90 Å². The second-order valence-corrected chi connectivity index (χ2v) is 4.61. The summed E-state index contributed by atoms with van der Waals surface area (Å²) in [4.78, 5) is 2.18. The van der Waals surface area contributed by atoms with Crippen LogP contribution in [-0.2, 0) is 9.47 Å². The number of rotatable bonds is 6. The van der Waals surface area contributed by atoms with Crippen molar-refractivity contribution in [1.29, 1.82) is 0 Å². The number of aliphatic hydroxyl groups excluding tert-OH is 1. The van der Waals surface area contributed by atoms with Gasteiger partial charge < -0.3 is 14.6 Å². The second kappa shape index (κ2) is 6.97. The number of terminal acetylenes is 1. The number of ether oxygens (including phenoxy) is 2. The molecule has 4 nitrogen and oxygen atoms in total. The fraction of sp³-hybridized carbons (Fsp3) is 0.846. The van der Waals surface area contributed by atoms with Gasteiger partial charge >= 0.3 is 0 Å². The molecule has 1 aliphatic heterocycles. The lowest BCUT2D eigenvalue weighted by atomic mass is 10.1. The monoisotopic (exact) mass is 241 g/mol. The SMILES string of the molecule is C#C[C@@](C)(CC)OCC(O)CN1CCOCC1. The maximum atomic E-state index is 9.88. The van der Waals surface area contributed by atoms with E-state index in [1.807, 2.05) is 13.8 Å². The van der Waals surface area contributed by atoms with Gasteiger partial charge in [-0.25, -0.2) is 0 Å². The molecule has 2 atom stereocenters. The summed E-state index contributed by atoms with van der Waals surface area (Å²) in [6, 6.07) is 0. The van der Waals surface area contributed by atoms with Crippen molar-refractivity contribution in [3.63, 3.8) is 0 Å². The van der Waals surface area contributed by atoms with E-state index in [4.69, 9.17) is 15.9 Å². The first-order chi connectivity index (χ1) is 8.09. The van der Waals surface area contributed by atoms with Crippen LogP contribution in [0.25, 0.3) is 0 Å². The molecule has 1 rings (SSSR count). The van der Waals surface area contributed by atoms with E-state index >= 15 is 0 Å². The van der Waals surface area contributed by atoms with Crippen LogP contribution in [0.5, 0.6) is 0 Å². The zero-order chi connectivity index (χ0) is 12.7. The van der Waals surface area contributed by atoms with E-state index in [9.17, 15) is 5.11 Å². The highest BCUT2D eigenvalue weighted by Crippen LogP contribution is 2.14. The molecule has 1 N–H and O–H groups in total. The number of nitrogens with zero attached hydrogens (tertiary/aromatic N) is 1. The van der Waals surface area contributed by atoms with Crippen LogP contribution in [0.4, 0.5) is 0 Å². The van der Waals surface area contributed by atoms with Gasteiger partial charge in [-0.15, -0.1) is 6.42 Å². The van der Waals surface area contributed by atoms with Crippen LogP contribution in [-0.4, -0.2) is 61.2 Å². The predicted molar refractivity (Wildman–Crippen MR) is 66.7 cm³/mol. The van der Waals surface area contributed by atoms with Gasteiger partial charge in [0, 0.05) is 19.6 Å². The van der Waals surface area contributed by atoms with Gasteiger partial charge in [-0.2, -0.15) is 0 Å². The van der Waals surface area contributed by atoms with Crippen molar-refractivity contribution < 1.29 is 14.6 Å². The lowest BCUT2D eigenvalue weighted by Gasteiger charge is -2.30. The Hall–Kier alpha value is -0.600. The van der Waals surface area contributed by atoms with Gasteiger partial charge in [-0.1, -0.05) is 12.8 Å². The Balaban J connectivity index is 2.24. The molecule has 4 heteroatoms. The highest BCUT2D eigenvalue weighted by Gasteiger charge is 2.22. The van der Waals surface area contributed by atoms with Crippen molar-refractivity contribution in [2.75, 3.05) is 39.5 Å². The third-order valence-corrected chi connectivity index (χ3v) is 3.15. The molecular formula is C13H23NO3. The van der Waals surface area contributed by atoms with Crippen LogP contribution >= 0.6 is 0 Å². The summed E-state index contributed by atoms with van der Waals surface area (Å²) in [6.07, 6.45) is 5.66. The van der Waals surface area contributed by atoms with E-state index in [2.05, 4.69) is 10.8 Å². The number of hydrogen-bond donors (Lipinski definition) is 1. The number of morpholine rings is 1. The molecule has 0 aromatic rings. The molecule has 98 valence electrons. The minimum absolute atomic E-state index is 0.284. The zero-order valence-electron chi connectivity index (χ0n) is 10.8. The minimum Gasteiger partial charge on any atom is -0.389 e. The third-order valence-electron chi connectivity index (χ3n) is 3.15. The van der Waals surface area contributed by atoms with Gasteiger partial charge in [-0.3, -0.25) is 4.90 Å². The first-order valence-corrected chi connectivity index (χ1v) is 6.19. The highest BCUT2D eigenvalue weighted by atomic mass is 16.5. The maximum Gasteiger partial charge on any atom is 0.125 e. The van der Waals surface area contributed by atoms with E-state index in [1.54, 1.807) is 0 Å². The molecule has 17 heavy (non-hydrogen) atoms. The molecule has 0 amide bonds. The lowest BCUT2D eigenvalue weighted by Crippen LogP contribution is -2.43. The van der Waals surface area contributed by atoms with Crippen molar-refractivity contribution in [2.24, 2.45) is 0 Å². The first-order valence-electron chi connectivity index (χ1n) is 6.19. The third kappa shape index (κ3) is 5.05. The molecule has 1 saturated heterocycles. The molecule has 0 saturated carbocycles. The summed E-state index contributed by atoms with van der Waals surface area (Å²) in [7, 11) is 0. The Morgan fingerprint density at radius 3 is 2.71 bits per heavy atom. The molecule has 0 radical (unpaired) electrons. The molecule has 1 aliphatic rings. The van der Waals surface area contributed by atoms with Crippen LogP contribution in [0, 0.1) is 12.3 Å². The number of aliphatic hydroxyl groups is 1. The first kappa shape index (κ1) is 14.5. The number of hydrogen-bond acceptors (Lipinski definition) is 4. The van der Waals surface area contributed by atoms with Crippen LogP contribution in [0.1, 0.15) is 20.3 Å². The zero-order valence-corrected chi connectivity index (χ0v) is 10.8. The van der Waals surface area contributed by atoms with E-state index in [1.165, 1.54) is 0 Å². The average molecular weight is 241 g/mol. The Bertz CT molecular complexity index is 258. The molecule has 0 aromatic heterocycles. The number of β-amino-alcohol motifs (C(OH)–C–C–N with tert-alkyl or cyclic N) is 1. The van der Waals surface area contributed by atoms with E-state index < -0.39 is 11.7 Å². The minimum atomic E-state index is -0.564. The second-order valence-electron chi connectivity index (χ2n) is 4.61. The fourth-order valence-electron chi connectivity index (χ4n) is 1.66. The Kier molecular flexibility index (Phi) is 5.93. The van der Waals surface area contributed by atoms with Gasteiger partial charge in [-0.05, 0) is 13.3 Å². The van der Waals surface area contributed by atoms with Gasteiger partial charge in [0.1, 0.15) is 5.60 Å². The normalized spacial score (nSPS) is 22.7. The Labute approximate surface area is 104 Å². The Morgan fingerprint density at radius 2 is 2.18 bits per heavy atom. The molecule has 0 bridgehead atoms. The Morgan fingerprint density at radius 1 is 1.53 bits per heavy atom. The predicted octanol–water partition coefficient (Wildman–Crippen LogP) is 0.498. The summed E-state index contributed by atoms with van der Waals surface area (Å²) in [5.74, 6) is 2.62. The van der Waals surface area contributed by atoms with Gasteiger partial charge in [0.05, 0.1) is 25.9 Å². The van der Waals surface area contributed by atoms with Crippen molar-refractivity contribution in [3.05, 3.63) is 0 Å². The van der Waals surface area contributed by atoms with Crippen LogP contribution in [0.15, 0.2) is 0 Å². The molecule has 0 spiro atoms. The van der Waals surface area contributed by atoms with Crippen LogP contribution in [0.2, 0.25) is 0 Å². The summed E-state index contributed by atoms with van der Waals surface area (Å²) in [5, 5.41) is 9.88. The van der Waals surface area contributed by atoms with Gasteiger partial charge in [0.25, 0.3) is 0 Å². The van der Waals surface area contributed by atoms with Crippen molar-refractivity contribution >= 4 is 0 Å². The van der Waals surface area contributed by atoms with Gasteiger partial charge in [0.2, 0.25) is 0 Å². The molecular weight excluding hydrogens is 218 g/mol. The maximum absolute atomic E-state index is 9.88. The molecule has 0 aliphatic carbocycles. The van der Waals surface area contributed by atoms with Crippen LogP contribution in [0.3, 0.4) is 0 Å². The molecule has 1 fully saturated rings. The van der Waals surface area contributed by atoms with E-state index in [0.29, 0.717) is 6.54 Å². The average Bonchev–Trinajstić information content (AvgIpc) is 2.37. The topological polar surface area (TPSA) is 41.9 Å². The largest absolute Gasteiger partial charge is 0.389 e. The van der Waals surface area contributed by atoms with Crippen LogP contribution < -0.4 is 0 Å². The van der Waals surface area contributed by atoms with Crippen molar-refractivity contribution in [3.8, 4) is 12.3 Å². The van der Waals surface area contributed by atoms with Gasteiger partial charge in [0.15, 0.2) is 0 Å². The molecule has 1 heterocycles. The fourth-order valence-corrected chi connectivity index (χ4v) is 1.66. The quantitative estimate of drug-likeness (QED) is 0.688. The lowest BCUT2D eigenvalue weighted by molar-refractivity contribution is -0.0558. The standard InChI is InChI=1S/C13H23NO3/c1-4-13(3,5-2)17-11-12(15)10-14-6-8-16-9-7-14/h1,12,15H,5-11H2,2-3H3/t12?,13-/m0/s1. The summed E-state index contributed by atoms with van der Waals surface area (Å²) >= 11 is 0. The summed E-state index contributed by atoms with van der Waals surface area (Å²) in [5.41, 5.74) is -0.564. The van der Waals surface area contributed by atoms with Crippen molar-refractivity contribution in [2.45, 2.75) is 32.0 Å². The summed E-state index contributed by atoms with van der Waals surface area (Å²) in [6.45, 7) is 7.98. The van der Waals surface area contributed by atoms with E-state index in [0.717, 1.165) is 32.7 Å².